The van der Waals surface area contributed by atoms with E-state index in [4.69, 9.17) is 0 Å². The Hall–Kier alpha value is -3.39. The molecule has 6 nitrogen and oxygen atoms in total. The third-order valence-electron chi connectivity index (χ3n) is 5.73. The van der Waals surface area contributed by atoms with Crippen molar-refractivity contribution >= 4 is 27.3 Å². The molecule has 8 heteroatoms. The summed E-state index contributed by atoms with van der Waals surface area (Å²) < 4.78 is 41.3. The van der Waals surface area contributed by atoms with Gasteiger partial charge in [0.2, 0.25) is 10.0 Å². The summed E-state index contributed by atoms with van der Waals surface area (Å²) in [6.45, 7) is 3.93. The maximum atomic E-state index is 13.9. The van der Waals surface area contributed by atoms with Crippen molar-refractivity contribution in [3.63, 3.8) is 0 Å². The van der Waals surface area contributed by atoms with Crippen molar-refractivity contribution in [1.82, 2.24) is 4.90 Å². The van der Waals surface area contributed by atoms with E-state index >= 15 is 0 Å². The van der Waals surface area contributed by atoms with E-state index in [1.54, 1.807) is 30.0 Å². The molecule has 3 aromatic rings. The highest BCUT2D eigenvalue weighted by Crippen LogP contribution is 2.30. The Balaban J connectivity index is 2.05. The van der Waals surface area contributed by atoms with Gasteiger partial charge in [-0.2, -0.15) is 0 Å². The second-order valence-corrected chi connectivity index (χ2v) is 10.5. The van der Waals surface area contributed by atoms with Crippen LogP contribution in [0.3, 0.4) is 0 Å². The number of hydrogen-bond acceptors (Lipinski definition) is 4. The van der Waals surface area contributed by atoms with E-state index in [-0.39, 0.29) is 29.8 Å². The number of benzene rings is 3. The summed E-state index contributed by atoms with van der Waals surface area (Å²) in [5, 5.41) is 0. The zero-order valence-corrected chi connectivity index (χ0v) is 21.3. The van der Waals surface area contributed by atoms with Gasteiger partial charge in [-0.25, -0.2) is 12.8 Å². The van der Waals surface area contributed by atoms with Crippen LogP contribution in [-0.2, 0) is 16.6 Å². The maximum Gasteiger partial charge on any atom is 0.254 e. The number of anilines is 2. The summed E-state index contributed by atoms with van der Waals surface area (Å²) in [6, 6.07) is 20.2. The monoisotopic (exact) mass is 497 g/mol. The number of sulfonamides is 1. The summed E-state index contributed by atoms with van der Waals surface area (Å²) in [5.41, 5.74) is 3.23. The Morgan fingerprint density at radius 1 is 1.00 bits per heavy atom. The first-order valence-electron chi connectivity index (χ1n) is 11.5. The van der Waals surface area contributed by atoms with Gasteiger partial charge in [0.05, 0.1) is 11.8 Å². The first-order chi connectivity index (χ1) is 16.6. The van der Waals surface area contributed by atoms with Gasteiger partial charge in [0.25, 0.3) is 5.91 Å². The fraction of sp³-hybridized carbons (Fsp3) is 0.296. The molecule has 1 atom stereocenters. The number of carbonyl (C=O) groups is 1. The molecule has 0 spiro atoms. The van der Waals surface area contributed by atoms with Crippen molar-refractivity contribution in [2.24, 2.45) is 0 Å². The summed E-state index contributed by atoms with van der Waals surface area (Å²) >= 11 is 0. The van der Waals surface area contributed by atoms with Crippen molar-refractivity contribution in [2.75, 3.05) is 29.5 Å². The van der Waals surface area contributed by atoms with Crippen molar-refractivity contribution in [1.29, 1.82) is 0 Å². The average Bonchev–Trinajstić information content (AvgIpc) is 2.82. The van der Waals surface area contributed by atoms with E-state index in [0.29, 0.717) is 12.1 Å². The predicted octanol–water partition coefficient (Wildman–Crippen LogP) is 5.45. The molecule has 186 valence electrons. The normalized spacial score (nSPS) is 12.1. The molecule has 0 bridgehead atoms. The molecule has 0 fully saturated rings. The van der Waals surface area contributed by atoms with Gasteiger partial charge in [0.1, 0.15) is 5.82 Å². The van der Waals surface area contributed by atoms with Gasteiger partial charge in [-0.05, 0) is 60.9 Å². The van der Waals surface area contributed by atoms with E-state index in [1.807, 2.05) is 62.3 Å². The highest BCUT2D eigenvalue weighted by Gasteiger charge is 2.25. The molecule has 1 amide bonds. The summed E-state index contributed by atoms with van der Waals surface area (Å²) in [5.74, 6) is -0.778. The minimum atomic E-state index is -3.47. The van der Waals surface area contributed by atoms with Crippen LogP contribution in [0.15, 0.2) is 72.8 Å². The summed E-state index contributed by atoms with van der Waals surface area (Å²) in [6.07, 6.45) is 0.502. The summed E-state index contributed by atoms with van der Waals surface area (Å²) in [7, 11) is 0.304. The Labute approximate surface area is 207 Å². The molecule has 1 N–H and O–H groups in total. The predicted molar refractivity (Wildman–Crippen MR) is 140 cm³/mol. The minimum Gasteiger partial charge on any atom is -0.377 e. The lowest BCUT2D eigenvalue weighted by molar-refractivity contribution is 0.0674. The molecule has 3 rings (SSSR count). The van der Waals surface area contributed by atoms with Gasteiger partial charge in [-0.1, -0.05) is 43.3 Å². The summed E-state index contributed by atoms with van der Waals surface area (Å²) in [4.78, 5) is 17.2. The molecule has 0 heterocycles. The largest absolute Gasteiger partial charge is 0.377 e. The Morgan fingerprint density at radius 3 is 2.34 bits per heavy atom. The number of rotatable bonds is 10. The van der Waals surface area contributed by atoms with Gasteiger partial charge < -0.3 is 9.80 Å². The second kappa shape index (κ2) is 11.4. The first kappa shape index (κ1) is 26.2. The Kier molecular flexibility index (Phi) is 8.51. The quantitative estimate of drug-likeness (QED) is 0.405. The van der Waals surface area contributed by atoms with Crippen LogP contribution < -0.4 is 9.62 Å². The van der Waals surface area contributed by atoms with E-state index in [9.17, 15) is 17.6 Å². The van der Waals surface area contributed by atoms with Gasteiger partial charge >= 0.3 is 0 Å². The van der Waals surface area contributed by atoms with Gasteiger partial charge in [-0.15, -0.1) is 0 Å². The van der Waals surface area contributed by atoms with Gasteiger partial charge in [0.15, 0.2) is 0 Å². The topological polar surface area (TPSA) is 69.7 Å². The van der Waals surface area contributed by atoms with Crippen molar-refractivity contribution in [3.8, 4) is 0 Å². The smallest absolute Gasteiger partial charge is 0.254 e. The van der Waals surface area contributed by atoms with Crippen LogP contribution in [-0.4, -0.2) is 39.1 Å². The zero-order valence-electron chi connectivity index (χ0n) is 20.5. The van der Waals surface area contributed by atoms with Crippen molar-refractivity contribution in [3.05, 3.63) is 95.3 Å². The van der Waals surface area contributed by atoms with E-state index in [2.05, 4.69) is 4.72 Å². The fourth-order valence-corrected chi connectivity index (χ4v) is 5.10. The maximum absolute atomic E-state index is 13.9. The number of carbonyl (C=O) groups excluding carboxylic acids is 1. The first-order valence-corrected chi connectivity index (χ1v) is 13.2. The Morgan fingerprint density at radius 2 is 1.71 bits per heavy atom. The lowest BCUT2D eigenvalue weighted by Crippen LogP contribution is -2.34. The number of hydrogen-bond donors (Lipinski definition) is 1. The lowest BCUT2D eigenvalue weighted by Gasteiger charge is -2.32. The van der Waals surface area contributed by atoms with E-state index in [1.165, 1.54) is 18.2 Å². The van der Waals surface area contributed by atoms with E-state index < -0.39 is 15.8 Å². The molecule has 0 aliphatic rings. The van der Waals surface area contributed by atoms with E-state index in [0.717, 1.165) is 16.8 Å². The van der Waals surface area contributed by atoms with Crippen LogP contribution >= 0.6 is 0 Å². The lowest BCUT2D eigenvalue weighted by atomic mass is 10.0. The molecule has 0 aliphatic carbocycles. The number of nitrogens with one attached hydrogen (secondary N) is 1. The molecule has 35 heavy (non-hydrogen) atoms. The third kappa shape index (κ3) is 6.82. The van der Waals surface area contributed by atoms with Crippen LogP contribution in [0.1, 0.15) is 47.8 Å². The third-order valence-corrected chi connectivity index (χ3v) is 7.22. The molecule has 0 saturated heterocycles. The molecule has 0 aromatic heterocycles. The average molecular weight is 498 g/mol. The van der Waals surface area contributed by atoms with Crippen molar-refractivity contribution in [2.45, 2.75) is 32.9 Å². The SMILES string of the molecule is CCCS(=O)(=O)Nc1ccc(N(C)C)c(CN(C(=O)c2cccc(F)c2)C(C)c2ccccc2)c1. The highest BCUT2D eigenvalue weighted by molar-refractivity contribution is 7.92. The standard InChI is InChI=1S/C27H32FN3O3S/c1-5-16-35(33,34)29-25-14-15-26(30(3)4)23(18-25)19-31(20(2)21-10-7-6-8-11-21)27(32)22-12-9-13-24(28)17-22/h6-15,17-18,20,29H,5,16,19H2,1-4H3. The second-order valence-electron chi connectivity index (χ2n) is 8.69. The fourth-order valence-electron chi connectivity index (χ4n) is 3.98. The van der Waals surface area contributed by atoms with Crippen LogP contribution in [0, 0.1) is 5.82 Å². The Bertz CT molecular complexity index is 1260. The molecule has 0 radical (unpaired) electrons. The molecule has 0 saturated carbocycles. The molecular weight excluding hydrogens is 465 g/mol. The molecule has 0 aliphatic heterocycles. The van der Waals surface area contributed by atoms with Crippen LogP contribution in [0.25, 0.3) is 0 Å². The van der Waals surface area contributed by atoms with Crippen LogP contribution in [0.4, 0.5) is 15.8 Å². The zero-order chi connectivity index (χ0) is 25.6. The number of amides is 1. The van der Waals surface area contributed by atoms with Gasteiger partial charge in [-0.3, -0.25) is 9.52 Å². The van der Waals surface area contributed by atoms with Crippen LogP contribution in [0.5, 0.6) is 0 Å². The number of halogens is 1. The molecule has 3 aromatic carbocycles. The van der Waals surface area contributed by atoms with Gasteiger partial charge in [0, 0.05) is 37.6 Å². The highest BCUT2D eigenvalue weighted by atomic mass is 32.2. The number of nitrogens with zero attached hydrogens (tertiary/aromatic N) is 2. The van der Waals surface area contributed by atoms with Crippen molar-refractivity contribution < 1.29 is 17.6 Å². The minimum absolute atomic E-state index is 0.0208. The molecular formula is C27H32FN3O3S. The molecule has 1 unspecified atom stereocenters. The van der Waals surface area contributed by atoms with Crippen LogP contribution in [0.2, 0.25) is 0 Å².